The fraction of sp³-hybridized carbons (Fsp3) is 0.571. The summed E-state index contributed by atoms with van der Waals surface area (Å²) in [7, 11) is 1.72. The summed E-state index contributed by atoms with van der Waals surface area (Å²) in [5.74, 6) is 5.97. The van der Waals surface area contributed by atoms with Gasteiger partial charge in [-0.15, -0.1) is 0 Å². The van der Waals surface area contributed by atoms with E-state index >= 15 is 0 Å². The molecule has 3 N–H and O–H groups in total. The van der Waals surface area contributed by atoms with Crippen LogP contribution in [-0.4, -0.2) is 42.1 Å². The Kier molecular flexibility index (Phi) is 4.92. The lowest BCUT2D eigenvalue weighted by molar-refractivity contribution is 0.0350. The van der Waals surface area contributed by atoms with E-state index in [1.165, 1.54) is 0 Å². The number of hydrogen-bond donors (Lipinski definition) is 2. The van der Waals surface area contributed by atoms with Gasteiger partial charge >= 0.3 is 0 Å². The number of nitrogens with one attached hydrogen (secondary N) is 1. The minimum Gasteiger partial charge on any atom is -0.381 e. The molecule has 6 heteroatoms. The number of carbonyl (C=O) groups excluding carboxylic acids is 1. The van der Waals surface area contributed by atoms with Crippen LogP contribution in [0.1, 0.15) is 35.8 Å². The van der Waals surface area contributed by atoms with Gasteiger partial charge < -0.3 is 15.1 Å². The molecule has 1 aromatic rings. The Bertz CT molecular complexity index is 448. The fourth-order valence-electron chi connectivity index (χ4n) is 2.44. The van der Waals surface area contributed by atoms with Crippen LogP contribution in [0.25, 0.3) is 0 Å². The second-order valence-corrected chi connectivity index (χ2v) is 4.96. The average molecular weight is 278 g/mol. The summed E-state index contributed by atoms with van der Waals surface area (Å²) < 4.78 is 5.32. The molecule has 0 radical (unpaired) electrons. The van der Waals surface area contributed by atoms with E-state index in [0.717, 1.165) is 38.0 Å². The van der Waals surface area contributed by atoms with Gasteiger partial charge in [-0.05, 0) is 31.4 Å². The maximum atomic E-state index is 12.5. The Labute approximate surface area is 119 Å². The largest absolute Gasteiger partial charge is 0.381 e. The second-order valence-electron chi connectivity index (χ2n) is 4.96. The van der Waals surface area contributed by atoms with Crippen molar-refractivity contribution in [1.29, 1.82) is 0 Å². The number of pyridine rings is 1. The van der Waals surface area contributed by atoms with E-state index in [4.69, 9.17) is 10.6 Å². The molecule has 1 aliphatic rings. The van der Waals surface area contributed by atoms with Crippen LogP contribution in [0.5, 0.6) is 0 Å². The number of rotatable bonds is 4. The Morgan fingerprint density at radius 1 is 1.50 bits per heavy atom. The number of anilines is 1. The number of nitrogen functional groups attached to an aromatic ring is 1. The molecular weight excluding hydrogens is 256 g/mol. The van der Waals surface area contributed by atoms with Crippen molar-refractivity contribution in [3.63, 3.8) is 0 Å². The third-order valence-electron chi connectivity index (χ3n) is 3.70. The van der Waals surface area contributed by atoms with Crippen molar-refractivity contribution < 1.29 is 9.53 Å². The smallest absolute Gasteiger partial charge is 0.254 e. The highest BCUT2D eigenvalue weighted by molar-refractivity contribution is 5.95. The summed E-state index contributed by atoms with van der Waals surface area (Å²) in [6, 6.07) is 3.54. The number of nitrogens with two attached hydrogens (primary N) is 1. The predicted octanol–water partition coefficient (Wildman–Crippen LogP) is 1.18. The highest BCUT2D eigenvalue weighted by atomic mass is 16.5. The predicted molar refractivity (Wildman–Crippen MR) is 77.4 cm³/mol. The fourth-order valence-corrected chi connectivity index (χ4v) is 2.44. The zero-order valence-corrected chi connectivity index (χ0v) is 12.1. The zero-order chi connectivity index (χ0) is 14.5. The first kappa shape index (κ1) is 14.7. The van der Waals surface area contributed by atoms with Gasteiger partial charge in [0.25, 0.3) is 5.91 Å². The maximum absolute atomic E-state index is 12.5. The summed E-state index contributed by atoms with van der Waals surface area (Å²) in [5, 5.41) is 0. The molecule has 1 amide bonds. The van der Waals surface area contributed by atoms with Gasteiger partial charge in [-0.3, -0.25) is 4.79 Å². The third kappa shape index (κ3) is 3.26. The molecule has 0 spiro atoms. The zero-order valence-electron chi connectivity index (χ0n) is 12.1. The van der Waals surface area contributed by atoms with Crippen molar-refractivity contribution >= 4 is 11.7 Å². The van der Waals surface area contributed by atoms with Crippen LogP contribution in [0.4, 0.5) is 5.82 Å². The highest BCUT2D eigenvalue weighted by Gasteiger charge is 2.23. The topological polar surface area (TPSA) is 80.5 Å². The second kappa shape index (κ2) is 6.67. The monoisotopic (exact) mass is 278 g/mol. The van der Waals surface area contributed by atoms with Gasteiger partial charge in [-0.1, -0.05) is 6.92 Å². The lowest BCUT2D eigenvalue weighted by atomic mass is 10.1. The van der Waals surface area contributed by atoms with Crippen molar-refractivity contribution in [3.8, 4) is 0 Å². The van der Waals surface area contributed by atoms with Crippen molar-refractivity contribution in [1.82, 2.24) is 9.88 Å². The normalized spacial score (nSPS) is 16.2. The van der Waals surface area contributed by atoms with E-state index < -0.39 is 0 Å². The summed E-state index contributed by atoms with van der Waals surface area (Å²) >= 11 is 0. The molecule has 110 valence electrons. The Hall–Kier alpha value is -1.66. The average Bonchev–Trinajstić information content (AvgIpc) is 2.53. The van der Waals surface area contributed by atoms with Crippen molar-refractivity contribution in [2.24, 2.45) is 5.84 Å². The molecule has 0 bridgehead atoms. The van der Waals surface area contributed by atoms with Gasteiger partial charge in [0.1, 0.15) is 5.82 Å². The summed E-state index contributed by atoms with van der Waals surface area (Å²) in [4.78, 5) is 18.7. The van der Waals surface area contributed by atoms with E-state index in [-0.39, 0.29) is 12.0 Å². The van der Waals surface area contributed by atoms with Gasteiger partial charge in [0.15, 0.2) is 0 Å². The molecule has 0 aromatic carbocycles. The van der Waals surface area contributed by atoms with E-state index in [9.17, 15) is 4.79 Å². The lowest BCUT2D eigenvalue weighted by Gasteiger charge is -2.31. The molecule has 0 unspecified atom stereocenters. The number of amides is 1. The summed E-state index contributed by atoms with van der Waals surface area (Å²) in [5.41, 5.74) is 4.01. The molecule has 2 rings (SSSR count). The van der Waals surface area contributed by atoms with Crippen molar-refractivity contribution in [2.75, 3.05) is 25.6 Å². The summed E-state index contributed by atoms with van der Waals surface area (Å²) in [6.45, 7) is 3.46. The number of carbonyl (C=O) groups is 1. The number of aromatic nitrogens is 1. The van der Waals surface area contributed by atoms with Gasteiger partial charge in [0.05, 0.1) is 6.10 Å². The Morgan fingerprint density at radius 3 is 2.75 bits per heavy atom. The number of ether oxygens (including phenoxy) is 1. The number of hydrazine groups is 1. The molecular formula is C14H22N4O2. The molecule has 0 aliphatic carbocycles. The van der Waals surface area contributed by atoms with Crippen LogP contribution >= 0.6 is 0 Å². The van der Waals surface area contributed by atoms with Gasteiger partial charge in [-0.25, -0.2) is 10.8 Å². The molecule has 6 nitrogen and oxygen atoms in total. The van der Waals surface area contributed by atoms with E-state index in [1.54, 1.807) is 13.2 Å². The van der Waals surface area contributed by atoms with E-state index in [2.05, 4.69) is 10.4 Å². The first-order valence-corrected chi connectivity index (χ1v) is 6.97. The number of methoxy groups -OCH3 is 1. The first-order valence-electron chi connectivity index (χ1n) is 6.97. The lowest BCUT2D eigenvalue weighted by Crippen LogP contribution is -2.40. The van der Waals surface area contributed by atoms with Gasteiger partial charge in [0, 0.05) is 31.5 Å². The van der Waals surface area contributed by atoms with Gasteiger partial charge in [-0.2, -0.15) is 0 Å². The van der Waals surface area contributed by atoms with E-state index in [1.807, 2.05) is 17.9 Å². The third-order valence-corrected chi connectivity index (χ3v) is 3.70. The van der Waals surface area contributed by atoms with Crippen molar-refractivity contribution in [3.05, 3.63) is 23.4 Å². The van der Waals surface area contributed by atoms with Crippen LogP contribution in [0.3, 0.4) is 0 Å². The Morgan fingerprint density at radius 2 is 2.20 bits per heavy atom. The number of hydrogen-bond acceptors (Lipinski definition) is 5. The van der Waals surface area contributed by atoms with Crippen molar-refractivity contribution in [2.45, 2.75) is 32.3 Å². The molecule has 1 aromatic heterocycles. The number of aryl methyl sites for hydroxylation is 1. The van der Waals surface area contributed by atoms with Crippen LogP contribution in [0.15, 0.2) is 12.1 Å². The number of piperidine rings is 1. The number of likely N-dealkylation sites (tertiary alicyclic amines) is 1. The van der Waals surface area contributed by atoms with Gasteiger partial charge in [0.2, 0.25) is 0 Å². The van der Waals surface area contributed by atoms with Crippen LogP contribution in [-0.2, 0) is 11.2 Å². The standard InChI is InChI=1S/C14H22N4O2/c1-3-11-8-10(9-13(16-11)17-15)14(19)18-6-4-12(20-2)5-7-18/h8-9,12H,3-7,15H2,1-2H3,(H,16,17). The Balaban J connectivity index is 2.12. The SMILES string of the molecule is CCc1cc(C(=O)N2CCC(OC)CC2)cc(NN)n1. The molecule has 1 aliphatic heterocycles. The molecule has 0 atom stereocenters. The van der Waals surface area contributed by atoms with Crippen LogP contribution in [0.2, 0.25) is 0 Å². The quantitative estimate of drug-likeness (QED) is 0.638. The molecule has 1 fully saturated rings. The molecule has 1 saturated heterocycles. The highest BCUT2D eigenvalue weighted by Crippen LogP contribution is 2.18. The van der Waals surface area contributed by atoms with Crippen LogP contribution < -0.4 is 11.3 Å². The van der Waals surface area contributed by atoms with E-state index in [0.29, 0.717) is 11.4 Å². The van der Waals surface area contributed by atoms with Crippen LogP contribution in [0, 0.1) is 0 Å². The minimum absolute atomic E-state index is 0.0353. The molecule has 2 heterocycles. The number of nitrogens with zero attached hydrogens (tertiary/aromatic N) is 2. The molecule has 20 heavy (non-hydrogen) atoms. The summed E-state index contributed by atoms with van der Waals surface area (Å²) in [6.07, 6.45) is 2.80. The maximum Gasteiger partial charge on any atom is 0.254 e. The molecule has 0 saturated carbocycles. The first-order chi connectivity index (χ1) is 9.67. The minimum atomic E-state index is 0.0353.